The molecule has 0 aliphatic carbocycles. The highest BCUT2D eigenvalue weighted by Crippen LogP contribution is 2.15. The van der Waals surface area contributed by atoms with Gasteiger partial charge < -0.3 is 10.1 Å². The minimum atomic E-state index is 0.0201. The molecule has 26 heavy (non-hydrogen) atoms. The average Bonchev–Trinajstić information content (AvgIpc) is 2.66. The minimum Gasteiger partial charge on any atom is -0.497 e. The Morgan fingerprint density at radius 1 is 1.12 bits per heavy atom. The number of pyridine rings is 1. The number of aryl methyl sites for hydroxylation is 1. The van der Waals surface area contributed by atoms with Crippen molar-refractivity contribution < 1.29 is 9.53 Å². The number of benzene rings is 1. The van der Waals surface area contributed by atoms with Gasteiger partial charge in [-0.3, -0.25) is 19.6 Å². The Bertz CT molecular complexity index is 725. The van der Waals surface area contributed by atoms with E-state index >= 15 is 0 Å². The van der Waals surface area contributed by atoms with E-state index in [4.69, 9.17) is 4.74 Å². The zero-order valence-electron chi connectivity index (χ0n) is 15.4. The van der Waals surface area contributed by atoms with E-state index < -0.39 is 0 Å². The molecule has 1 N–H and O–H groups in total. The maximum Gasteiger partial charge on any atom is 0.238 e. The van der Waals surface area contributed by atoms with Gasteiger partial charge in [0.05, 0.1) is 13.7 Å². The first-order valence-corrected chi connectivity index (χ1v) is 8.93. The zero-order chi connectivity index (χ0) is 18.4. The number of hydrogen-bond acceptors (Lipinski definition) is 5. The molecule has 0 radical (unpaired) electrons. The monoisotopic (exact) mass is 354 g/mol. The topological polar surface area (TPSA) is 57.7 Å². The molecule has 1 amide bonds. The van der Waals surface area contributed by atoms with E-state index in [1.807, 2.05) is 36.5 Å². The fourth-order valence-electron chi connectivity index (χ4n) is 3.11. The number of rotatable bonds is 6. The lowest BCUT2D eigenvalue weighted by molar-refractivity contribution is -0.117. The summed E-state index contributed by atoms with van der Waals surface area (Å²) in [7, 11) is 1.63. The van der Waals surface area contributed by atoms with Crippen LogP contribution >= 0.6 is 0 Å². The number of nitrogens with one attached hydrogen (secondary N) is 1. The maximum absolute atomic E-state index is 12.2. The van der Waals surface area contributed by atoms with E-state index in [0.29, 0.717) is 6.54 Å². The van der Waals surface area contributed by atoms with Crippen molar-refractivity contribution in [2.45, 2.75) is 13.5 Å². The van der Waals surface area contributed by atoms with Crippen LogP contribution in [0.1, 0.15) is 11.3 Å². The van der Waals surface area contributed by atoms with Crippen molar-refractivity contribution in [2.75, 3.05) is 45.2 Å². The van der Waals surface area contributed by atoms with Gasteiger partial charge in [-0.2, -0.15) is 0 Å². The number of nitrogens with zero attached hydrogens (tertiary/aromatic N) is 3. The standard InChI is InChI=1S/C20H26N4O2/c1-16-17(4-3-9-21-16)14-23-10-12-24(13-11-23)15-20(25)22-18-5-7-19(26-2)8-6-18/h3-9H,10-15H2,1-2H3,(H,22,25). The Morgan fingerprint density at radius 3 is 2.46 bits per heavy atom. The third-order valence-corrected chi connectivity index (χ3v) is 4.72. The number of piperazine rings is 1. The van der Waals surface area contributed by atoms with Crippen molar-refractivity contribution in [1.29, 1.82) is 0 Å². The third-order valence-electron chi connectivity index (χ3n) is 4.72. The van der Waals surface area contributed by atoms with Crippen molar-refractivity contribution in [1.82, 2.24) is 14.8 Å². The number of aromatic nitrogens is 1. The summed E-state index contributed by atoms with van der Waals surface area (Å²) in [4.78, 5) is 21.2. The van der Waals surface area contributed by atoms with E-state index in [9.17, 15) is 4.79 Å². The Hall–Kier alpha value is -2.44. The van der Waals surface area contributed by atoms with Crippen LogP contribution in [0.4, 0.5) is 5.69 Å². The lowest BCUT2D eigenvalue weighted by Crippen LogP contribution is -2.48. The number of anilines is 1. The van der Waals surface area contributed by atoms with Crippen LogP contribution in [0.15, 0.2) is 42.6 Å². The summed E-state index contributed by atoms with van der Waals surface area (Å²) < 4.78 is 5.13. The molecule has 3 rings (SSSR count). The number of carbonyl (C=O) groups excluding carboxylic acids is 1. The van der Waals surface area contributed by atoms with Crippen molar-refractivity contribution in [3.05, 3.63) is 53.9 Å². The molecule has 6 nitrogen and oxygen atoms in total. The van der Waals surface area contributed by atoms with Gasteiger partial charge in [0.25, 0.3) is 0 Å². The summed E-state index contributed by atoms with van der Waals surface area (Å²) in [5, 5.41) is 2.94. The van der Waals surface area contributed by atoms with Crippen molar-refractivity contribution in [3.8, 4) is 5.75 Å². The van der Waals surface area contributed by atoms with E-state index in [0.717, 1.165) is 49.9 Å². The Labute approximate surface area is 154 Å². The van der Waals surface area contributed by atoms with Crippen LogP contribution in [-0.4, -0.2) is 60.5 Å². The molecule has 0 saturated carbocycles. The van der Waals surface area contributed by atoms with Gasteiger partial charge in [-0.05, 0) is 42.8 Å². The van der Waals surface area contributed by atoms with Gasteiger partial charge in [-0.15, -0.1) is 0 Å². The predicted octanol–water partition coefficient (Wildman–Crippen LogP) is 2.15. The van der Waals surface area contributed by atoms with Gasteiger partial charge in [0.15, 0.2) is 0 Å². The second-order valence-corrected chi connectivity index (χ2v) is 6.58. The largest absolute Gasteiger partial charge is 0.497 e. The second-order valence-electron chi connectivity index (χ2n) is 6.58. The van der Waals surface area contributed by atoms with Crippen LogP contribution < -0.4 is 10.1 Å². The third kappa shape index (κ3) is 5.03. The molecule has 2 heterocycles. The Balaban J connectivity index is 1.43. The summed E-state index contributed by atoms with van der Waals surface area (Å²) in [6.07, 6.45) is 1.83. The molecule has 1 fully saturated rings. The van der Waals surface area contributed by atoms with Gasteiger partial charge in [-0.25, -0.2) is 0 Å². The van der Waals surface area contributed by atoms with E-state index in [1.54, 1.807) is 7.11 Å². The van der Waals surface area contributed by atoms with Crippen molar-refractivity contribution in [3.63, 3.8) is 0 Å². The number of hydrogen-bond donors (Lipinski definition) is 1. The molecule has 1 aliphatic heterocycles. The molecule has 2 aromatic rings. The molecule has 1 aromatic heterocycles. The predicted molar refractivity (Wildman–Crippen MR) is 102 cm³/mol. The van der Waals surface area contributed by atoms with E-state index in [1.165, 1.54) is 5.56 Å². The molecule has 1 aliphatic rings. The Morgan fingerprint density at radius 2 is 1.81 bits per heavy atom. The van der Waals surface area contributed by atoms with Crippen molar-refractivity contribution >= 4 is 11.6 Å². The SMILES string of the molecule is COc1ccc(NC(=O)CN2CCN(Cc3cccnc3C)CC2)cc1. The first-order chi connectivity index (χ1) is 12.6. The Kier molecular flexibility index (Phi) is 6.20. The smallest absolute Gasteiger partial charge is 0.238 e. The summed E-state index contributed by atoms with van der Waals surface area (Å²) in [6, 6.07) is 11.5. The van der Waals surface area contributed by atoms with Crippen LogP contribution in [0.3, 0.4) is 0 Å². The highest BCUT2D eigenvalue weighted by molar-refractivity contribution is 5.92. The molecule has 6 heteroatoms. The fourth-order valence-corrected chi connectivity index (χ4v) is 3.11. The van der Waals surface area contributed by atoms with Gasteiger partial charge in [0, 0.05) is 50.3 Å². The van der Waals surface area contributed by atoms with Crippen LogP contribution in [0.5, 0.6) is 5.75 Å². The highest BCUT2D eigenvalue weighted by Gasteiger charge is 2.19. The first-order valence-electron chi connectivity index (χ1n) is 8.93. The summed E-state index contributed by atoms with van der Waals surface area (Å²) in [6.45, 7) is 7.12. The molecular weight excluding hydrogens is 328 g/mol. The number of amides is 1. The lowest BCUT2D eigenvalue weighted by Gasteiger charge is -2.34. The summed E-state index contributed by atoms with van der Waals surface area (Å²) in [5.41, 5.74) is 3.16. The highest BCUT2D eigenvalue weighted by atomic mass is 16.5. The van der Waals surface area contributed by atoms with Crippen LogP contribution in [0, 0.1) is 6.92 Å². The summed E-state index contributed by atoms with van der Waals surface area (Å²) >= 11 is 0. The minimum absolute atomic E-state index is 0.0201. The molecule has 0 spiro atoms. The van der Waals surface area contributed by atoms with Gasteiger partial charge in [0.1, 0.15) is 5.75 Å². The zero-order valence-corrected chi connectivity index (χ0v) is 15.4. The number of carbonyl (C=O) groups is 1. The van der Waals surface area contributed by atoms with Crippen LogP contribution in [0.25, 0.3) is 0 Å². The first kappa shape index (κ1) is 18.4. The van der Waals surface area contributed by atoms with Crippen LogP contribution in [0.2, 0.25) is 0 Å². The molecular formula is C20H26N4O2. The quantitative estimate of drug-likeness (QED) is 0.861. The summed E-state index contributed by atoms with van der Waals surface area (Å²) in [5.74, 6) is 0.801. The number of methoxy groups -OCH3 is 1. The van der Waals surface area contributed by atoms with Crippen LogP contribution in [-0.2, 0) is 11.3 Å². The average molecular weight is 354 g/mol. The van der Waals surface area contributed by atoms with E-state index in [-0.39, 0.29) is 5.91 Å². The van der Waals surface area contributed by atoms with Gasteiger partial charge in [-0.1, -0.05) is 6.07 Å². The van der Waals surface area contributed by atoms with Gasteiger partial charge in [0.2, 0.25) is 5.91 Å². The molecule has 0 bridgehead atoms. The number of ether oxygens (including phenoxy) is 1. The lowest BCUT2D eigenvalue weighted by atomic mass is 10.2. The molecule has 0 atom stereocenters. The molecule has 0 unspecified atom stereocenters. The molecule has 138 valence electrons. The maximum atomic E-state index is 12.2. The second kappa shape index (κ2) is 8.78. The fraction of sp³-hybridized carbons (Fsp3) is 0.400. The normalized spacial score (nSPS) is 15.6. The molecule has 1 saturated heterocycles. The van der Waals surface area contributed by atoms with Gasteiger partial charge >= 0.3 is 0 Å². The van der Waals surface area contributed by atoms with Crippen molar-refractivity contribution in [2.24, 2.45) is 0 Å². The van der Waals surface area contributed by atoms with E-state index in [2.05, 4.69) is 33.1 Å². The molecule has 1 aromatic carbocycles.